The van der Waals surface area contributed by atoms with E-state index in [0.29, 0.717) is 15.9 Å². The third kappa shape index (κ3) is 6.04. The van der Waals surface area contributed by atoms with Crippen LogP contribution in [-0.4, -0.2) is 58.9 Å². The zero-order chi connectivity index (χ0) is 24.8. The van der Waals surface area contributed by atoms with E-state index >= 15 is 0 Å². The first kappa shape index (κ1) is 25.5. The molecule has 0 saturated carbocycles. The van der Waals surface area contributed by atoms with Crippen molar-refractivity contribution in [2.75, 3.05) is 26.1 Å². The average molecular weight is 507 g/mol. The summed E-state index contributed by atoms with van der Waals surface area (Å²) >= 11 is 7.10. The first-order chi connectivity index (χ1) is 16.2. The number of nitro groups is 1. The van der Waals surface area contributed by atoms with Crippen molar-refractivity contribution in [3.8, 4) is 5.75 Å². The van der Waals surface area contributed by atoms with Crippen LogP contribution in [0.4, 0.5) is 17.1 Å². The number of nitro benzene ring substituents is 1. The molecule has 0 aliphatic carbocycles. The van der Waals surface area contributed by atoms with Crippen molar-refractivity contribution in [2.45, 2.75) is 24.6 Å². The number of aliphatic imine (C=N–C) groups is 1. The predicted octanol–water partition coefficient (Wildman–Crippen LogP) is 4.25. The van der Waals surface area contributed by atoms with Gasteiger partial charge in [-0.3, -0.25) is 24.6 Å². The lowest BCUT2D eigenvalue weighted by Crippen LogP contribution is -2.42. The van der Waals surface area contributed by atoms with Crippen molar-refractivity contribution >= 4 is 57.4 Å². The predicted molar refractivity (Wildman–Crippen MR) is 131 cm³/mol. The van der Waals surface area contributed by atoms with Crippen molar-refractivity contribution in [1.82, 2.24) is 4.90 Å². The van der Waals surface area contributed by atoms with Gasteiger partial charge in [-0.1, -0.05) is 23.4 Å². The molecular formula is C22H23ClN4O6S. The molecule has 0 spiro atoms. The molecule has 1 aliphatic heterocycles. The van der Waals surface area contributed by atoms with Crippen LogP contribution in [0.1, 0.15) is 13.3 Å². The van der Waals surface area contributed by atoms with E-state index < -0.39 is 16.1 Å². The quantitative estimate of drug-likeness (QED) is 0.398. The molecule has 2 aromatic rings. The zero-order valence-electron chi connectivity index (χ0n) is 18.7. The molecule has 2 atom stereocenters. The number of amides is 2. The van der Waals surface area contributed by atoms with Gasteiger partial charge in [-0.05, 0) is 43.3 Å². The number of carbonyl (C=O) groups excluding carboxylic acids is 2. The second kappa shape index (κ2) is 11.3. The largest absolute Gasteiger partial charge is 0.496 e. The van der Waals surface area contributed by atoms with E-state index in [2.05, 4.69) is 10.3 Å². The minimum atomic E-state index is -0.748. The molecule has 10 nitrogen and oxygen atoms in total. The van der Waals surface area contributed by atoms with Gasteiger partial charge < -0.3 is 14.8 Å². The fourth-order valence-electron chi connectivity index (χ4n) is 3.31. The standard InChI is InChI=1S/C22H23ClN4O6S/c1-13(12-32-2)26-21(29)19(34-22(26)24-15-6-4-14(23)5-7-15)11-20(28)25-17-9-8-16(33-3)10-18(17)27(30)31/h4-10,13,19H,11-12H2,1-3H3,(H,25,28)/t13-,19+/m1/s1. The number of nitrogens with zero attached hydrogens (tertiary/aromatic N) is 3. The molecule has 1 aliphatic rings. The number of anilines is 1. The number of thioether (sulfide) groups is 1. The molecule has 2 aromatic carbocycles. The van der Waals surface area contributed by atoms with Crippen molar-refractivity contribution in [3.63, 3.8) is 0 Å². The maximum absolute atomic E-state index is 13.2. The Labute approximate surface area is 205 Å². The lowest BCUT2D eigenvalue weighted by atomic mass is 10.2. The highest BCUT2D eigenvalue weighted by Gasteiger charge is 2.41. The van der Waals surface area contributed by atoms with Crippen LogP contribution in [0.2, 0.25) is 5.02 Å². The van der Waals surface area contributed by atoms with E-state index in [1.54, 1.807) is 24.3 Å². The molecule has 12 heteroatoms. The lowest BCUT2D eigenvalue weighted by Gasteiger charge is -2.23. The molecule has 0 bridgehead atoms. The molecule has 1 saturated heterocycles. The number of rotatable bonds is 9. The fraction of sp³-hybridized carbons (Fsp3) is 0.318. The minimum Gasteiger partial charge on any atom is -0.496 e. The van der Waals surface area contributed by atoms with Crippen LogP contribution in [-0.2, 0) is 14.3 Å². The first-order valence-corrected chi connectivity index (χ1v) is 11.4. The lowest BCUT2D eigenvalue weighted by molar-refractivity contribution is -0.384. The number of nitrogens with one attached hydrogen (secondary N) is 1. The minimum absolute atomic E-state index is 0.0194. The van der Waals surface area contributed by atoms with Crippen LogP contribution in [0, 0.1) is 10.1 Å². The maximum Gasteiger partial charge on any atom is 0.296 e. The first-order valence-electron chi connectivity index (χ1n) is 10.2. The van der Waals surface area contributed by atoms with E-state index in [1.807, 2.05) is 6.92 Å². The Morgan fingerprint density at radius 3 is 2.62 bits per heavy atom. The Bertz CT molecular complexity index is 1110. The van der Waals surface area contributed by atoms with Crippen molar-refractivity contribution < 1.29 is 24.0 Å². The third-order valence-corrected chi connectivity index (χ3v) is 6.32. The highest BCUT2D eigenvalue weighted by atomic mass is 35.5. The van der Waals surface area contributed by atoms with Crippen LogP contribution in [0.3, 0.4) is 0 Å². The van der Waals surface area contributed by atoms with Crippen molar-refractivity contribution in [1.29, 1.82) is 0 Å². The summed E-state index contributed by atoms with van der Waals surface area (Å²) in [6, 6.07) is 10.6. The molecule has 2 amide bonds. The molecule has 0 radical (unpaired) electrons. The van der Waals surface area contributed by atoms with Gasteiger partial charge >= 0.3 is 0 Å². The number of ether oxygens (including phenoxy) is 2. The summed E-state index contributed by atoms with van der Waals surface area (Å²) in [6.07, 6.45) is -0.192. The molecule has 1 heterocycles. The van der Waals surface area contributed by atoms with E-state index in [4.69, 9.17) is 21.1 Å². The number of carbonyl (C=O) groups is 2. The number of hydrogen-bond acceptors (Lipinski definition) is 8. The van der Waals surface area contributed by atoms with Crippen LogP contribution in [0.15, 0.2) is 47.5 Å². The normalized spacial score (nSPS) is 17.6. The van der Waals surface area contributed by atoms with E-state index in [-0.39, 0.29) is 42.1 Å². The molecule has 0 unspecified atom stereocenters. The number of amidine groups is 1. The highest BCUT2D eigenvalue weighted by Crippen LogP contribution is 2.34. The number of hydrogen-bond donors (Lipinski definition) is 1. The van der Waals surface area contributed by atoms with Crippen molar-refractivity contribution in [3.05, 3.63) is 57.6 Å². The van der Waals surface area contributed by atoms with Crippen LogP contribution >= 0.6 is 23.4 Å². The molecule has 1 N–H and O–H groups in total. The Hall–Kier alpha value is -3.15. The Balaban J connectivity index is 1.80. The van der Waals surface area contributed by atoms with Gasteiger partial charge in [-0.2, -0.15) is 0 Å². The molecule has 0 aromatic heterocycles. The van der Waals surface area contributed by atoms with Gasteiger partial charge in [0.05, 0.1) is 36.4 Å². The Morgan fingerprint density at radius 2 is 2.00 bits per heavy atom. The van der Waals surface area contributed by atoms with Crippen LogP contribution < -0.4 is 10.1 Å². The SMILES string of the molecule is COC[C@@H](C)N1C(=O)[C@H](CC(=O)Nc2ccc(OC)cc2[N+](=O)[O-])SC1=Nc1ccc(Cl)cc1. The van der Waals surface area contributed by atoms with Gasteiger partial charge in [-0.15, -0.1) is 0 Å². The van der Waals surface area contributed by atoms with E-state index in [9.17, 15) is 19.7 Å². The smallest absolute Gasteiger partial charge is 0.296 e. The summed E-state index contributed by atoms with van der Waals surface area (Å²) in [5, 5.41) is 14.2. The van der Waals surface area contributed by atoms with Crippen LogP contribution in [0.25, 0.3) is 0 Å². The van der Waals surface area contributed by atoms with Gasteiger partial charge in [0.25, 0.3) is 5.69 Å². The second-order valence-electron chi connectivity index (χ2n) is 7.38. The number of benzene rings is 2. The maximum atomic E-state index is 13.2. The molecule has 1 fully saturated rings. The summed E-state index contributed by atoms with van der Waals surface area (Å²) in [4.78, 5) is 42.7. The summed E-state index contributed by atoms with van der Waals surface area (Å²) in [6.45, 7) is 2.10. The Morgan fingerprint density at radius 1 is 1.29 bits per heavy atom. The van der Waals surface area contributed by atoms with E-state index in [0.717, 1.165) is 11.8 Å². The van der Waals surface area contributed by atoms with Gasteiger partial charge in [-0.25, -0.2) is 4.99 Å². The van der Waals surface area contributed by atoms with Gasteiger partial charge in [0.1, 0.15) is 16.7 Å². The Kier molecular flexibility index (Phi) is 8.48. The fourth-order valence-corrected chi connectivity index (χ4v) is 4.68. The second-order valence-corrected chi connectivity index (χ2v) is 8.99. The third-order valence-electron chi connectivity index (χ3n) is 4.91. The summed E-state index contributed by atoms with van der Waals surface area (Å²) < 4.78 is 10.2. The summed E-state index contributed by atoms with van der Waals surface area (Å²) in [5.41, 5.74) is 0.317. The topological polar surface area (TPSA) is 123 Å². The van der Waals surface area contributed by atoms with Gasteiger partial charge in [0.15, 0.2) is 5.17 Å². The summed E-state index contributed by atoms with van der Waals surface area (Å²) in [7, 11) is 2.92. The number of methoxy groups -OCH3 is 2. The van der Waals surface area contributed by atoms with Gasteiger partial charge in [0, 0.05) is 18.6 Å². The van der Waals surface area contributed by atoms with E-state index in [1.165, 1.54) is 37.3 Å². The number of halogens is 1. The monoisotopic (exact) mass is 506 g/mol. The average Bonchev–Trinajstić information content (AvgIpc) is 3.09. The van der Waals surface area contributed by atoms with Crippen molar-refractivity contribution in [2.24, 2.45) is 4.99 Å². The van der Waals surface area contributed by atoms with Gasteiger partial charge in [0.2, 0.25) is 11.8 Å². The van der Waals surface area contributed by atoms with Crippen LogP contribution in [0.5, 0.6) is 5.75 Å². The molecule has 180 valence electrons. The summed E-state index contributed by atoms with van der Waals surface area (Å²) in [5.74, 6) is -0.537. The molecule has 34 heavy (non-hydrogen) atoms. The molecular weight excluding hydrogens is 484 g/mol. The molecule has 3 rings (SSSR count). The zero-order valence-corrected chi connectivity index (χ0v) is 20.3. The highest BCUT2D eigenvalue weighted by molar-refractivity contribution is 8.15.